The normalized spacial score (nSPS) is 16.8. The molecule has 1 aliphatic rings. The van der Waals surface area contributed by atoms with Gasteiger partial charge in [0.1, 0.15) is 0 Å². The molecule has 102 valence electrons. The monoisotopic (exact) mass is 256 g/mol. The second-order valence-corrected chi connectivity index (χ2v) is 6.11. The molecule has 0 unspecified atom stereocenters. The maximum Gasteiger partial charge on any atom is 0.0515 e. The first-order valence-corrected chi connectivity index (χ1v) is 7.48. The van der Waals surface area contributed by atoms with Gasteiger partial charge < -0.3 is 4.57 Å². The maximum atomic E-state index is 2.59. The fourth-order valence-electron chi connectivity index (χ4n) is 3.28. The Hall–Kier alpha value is -1.28. The molecule has 0 bridgehead atoms. The fraction of sp³-hybridized carbons (Fsp3) is 0.529. The van der Waals surface area contributed by atoms with E-state index in [9.17, 15) is 0 Å². The molecule has 0 atom stereocenters. The molecule has 1 aromatic heterocycles. The Morgan fingerprint density at radius 3 is 2.58 bits per heavy atom. The van der Waals surface area contributed by atoms with Crippen LogP contribution in [0.2, 0.25) is 0 Å². The van der Waals surface area contributed by atoms with Crippen LogP contribution in [0, 0.1) is 6.92 Å². The van der Waals surface area contributed by atoms with Crippen LogP contribution in [0.5, 0.6) is 0 Å². The van der Waals surface area contributed by atoms with E-state index >= 15 is 0 Å². The number of para-hydroxylation sites is 1. The van der Waals surface area contributed by atoms with Crippen molar-refractivity contribution in [3.63, 3.8) is 0 Å². The summed E-state index contributed by atoms with van der Waals surface area (Å²) in [6.45, 7) is 10.4. The van der Waals surface area contributed by atoms with Gasteiger partial charge in [-0.05, 0) is 57.8 Å². The van der Waals surface area contributed by atoms with Crippen LogP contribution in [-0.2, 0) is 6.54 Å². The van der Waals surface area contributed by atoms with E-state index in [1.165, 1.54) is 48.0 Å². The summed E-state index contributed by atoms with van der Waals surface area (Å²) in [5.74, 6) is 0. The van der Waals surface area contributed by atoms with Crippen molar-refractivity contribution in [2.24, 2.45) is 0 Å². The van der Waals surface area contributed by atoms with Crippen molar-refractivity contribution in [3.8, 4) is 0 Å². The summed E-state index contributed by atoms with van der Waals surface area (Å²) in [5.41, 5.74) is 4.31. The highest BCUT2D eigenvalue weighted by atomic mass is 15.1. The van der Waals surface area contributed by atoms with Gasteiger partial charge in [0.05, 0.1) is 5.52 Å². The fourth-order valence-corrected chi connectivity index (χ4v) is 3.28. The van der Waals surface area contributed by atoms with Crippen molar-refractivity contribution in [1.82, 2.24) is 9.47 Å². The molecule has 0 spiro atoms. The highest BCUT2D eigenvalue weighted by molar-refractivity contribution is 5.86. The Kier molecular flexibility index (Phi) is 3.36. The van der Waals surface area contributed by atoms with E-state index in [1.807, 2.05) is 0 Å². The van der Waals surface area contributed by atoms with Crippen molar-refractivity contribution >= 4 is 10.9 Å². The van der Waals surface area contributed by atoms with E-state index in [-0.39, 0.29) is 0 Å². The quantitative estimate of drug-likeness (QED) is 0.801. The second kappa shape index (κ2) is 5.01. The molecule has 0 radical (unpaired) electrons. The number of hydrogen-bond donors (Lipinski definition) is 0. The largest absolute Gasteiger partial charge is 0.344 e. The zero-order valence-electron chi connectivity index (χ0n) is 12.3. The van der Waals surface area contributed by atoms with Crippen LogP contribution in [0.4, 0.5) is 0 Å². The van der Waals surface area contributed by atoms with Gasteiger partial charge in [0, 0.05) is 24.2 Å². The lowest BCUT2D eigenvalue weighted by atomic mass is 10.1. The molecular weight excluding hydrogens is 232 g/mol. The molecular formula is C17H24N2. The number of nitrogens with zero attached hydrogens (tertiary/aromatic N) is 2. The Balaban J connectivity index is 2.06. The van der Waals surface area contributed by atoms with E-state index in [1.54, 1.807) is 0 Å². The molecule has 0 amide bonds. The third-order valence-corrected chi connectivity index (χ3v) is 4.29. The molecule has 1 saturated heterocycles. The summed E-state index contributed by atoms with van der Waals surface area (Å²) >= 11 is 0. The molecule has 2 heterocycles. The molecule has 2 nitrogen and oxygen atoms in total. The van der Waals surface area contributed by atoms with Gasteiger partial charge in [-0.3, -0.25) is 4.90 Å². The van der Waals surface area contributed by atoms with Crippen LogP contribution in [0.25, 0.3) is 10.9 Å². The van der Waals surface area contributed by atoms with Crippen LogP contribution in [-0.4, -0.2) is 22.6 Å². The summed E-state index contributed by atoms with van der Waals surface area (Å²) in [6.07, 6.45) is 5.10. The first-order chi connectivity index (χ1) is 9.16. The van der Waals surface area contributed by atoms with Crippen molar-refractivity contribution < 1.29 is 0 Å². The molecule has 0 saturated carbocycles. The first kappa shape index (κ1) is 12.7. The van der Waals surface area contributed by atoms with Gasteiger partial charge in [-0.2, -0.15) is 0 Å². The molecule has 3 rings (SSSR count). The number of benzene rings is 1. The average molecular weight is 256 g/mol. The SMILES string of the molecule is Cc1cccc2c(CN3CCCC3)cn(C(C)C)c12. The molecule has 0 aliphatic carbocycles. The minimum absolute atomic E-state index is 0.524. The summed E-state index contributed by atoms with van der Waals surface area (Å²) < 4.78 is 2.44. The van der Waals surface area contributed by atoms with Crippen LogP contribution >= 0.6 is 0 Å². The van der Waals surface area contributed by atoms with Crippen LogP contribution in [0.1, 0.15) is 43.9 Å². The summed E-state index contributed by atoms with van der Waals surface area (Å²) in [4.78, 5) is 2.59. The van der Waals surface area contributed by atoms with Crippen LogP contribution < -0.4 is 0 Å². The Labute approximate surface area is 116 Å². The van der Waals surface area contributed by atoms with Gasteiger partial charge in [-0.25, -0.2) is 0 Å². The van der Waals surface area contributed by atoms with Gasteiger partial charge in [0.15, 0.2) is 0 Å². The molecule has 0 N–H and O–H groups in total. The third-order valence-electron chi connectivity index (χ3n) is 4.29. The molecule has 1 aliphatic heterocycles. The lowest BCUT2D eigenvalue weighted by molar-refractivity contribution is 0.332. The molecule has 1 aromatic carbocycles. The predicted octanol–water partition coefficient (Wildman–Crippen LogP) is 4.13. The van der Waals surface area contributed by atoms with E-state index in [0.717, 1.165) is 6.54 Å². The van der Waals surface area contributed by atoms with Crippen LogP contribution in [0.3, 0.4) is 0 Å². The Bertz CT molecular complexity index is 574. The van der Waals surface area contributed by atoms with Gasteiger partial charge in [0.25, 0.3) is 0 Å². The summed E-state index contributed by atoms with van der Waals surface area (Å²) in [5, 5.41) is 1.44. The molecule has 1 fully saturated rings. The smallest absolute Gasteiger partial charge is 0.0515 e. The number of fused-ring (bicyclic) bond motifs is 1. The van der Waals surface area contributed by atoms with Crippen LogP contribution in [0.15, 0.2) is 24.4 Å². The molecule has 2 aromatic rings. The van der Waals surface area contributed by atoms with Crippen molar-refractivity contribution in [1.29, 1.82) is 0 Å². The van der Waals surface area contributed by atoms with E-state index in [0.29, 0.717) is 6.04 Å². The lowest BCUT2D eigenvalue weighted by Crippen LogP contribution is -2.18. The standard InChI is InChI=1S/C17H24N2/c1-13(2)19-12-15(11-18-9-4-5-10-18)16-8-6-7-14(3)17(16)19/h6-8,12-13H,4-5,9-11H2,1-3H3. The minimum Gasteiger partial charge on any atom is -0.344 e. The van der Waals surface area contributed by atoms with Crippen molar-refractivity contribution in [3.05, 3.63) is 35.5 Å². The minimum atomic E-state index is 0.524. The van der Waals surface area contributed by atoms with Crippen molar-refractivity contribution in [2.75, 3.05) is 13.1 Å². The second-order valence-electron chi connectivity index (χ2n) is 6.11. The number of aromatic nitrogens is 1. The Morgan fingerprint density at radius 2 is 1.89 bits per heavy atom. The maximum absolute atomic E-state index is 2.59. The van der Waals surface area contributed by atoms with E-state index in [4.69, 9.17) is 0 Å². The number of likely N-dealkylation sites (tertiary alicyclic amines) is 1. The van der Waals surface area contributed by atoms with Gasteiger partial charge >= 0.3 is 0 Å². The van der Waals surface area contributed by atoms with Crippen molar-refractivity contribution in [2.45, 2.75) is 46.2 Å². The number of aryl methyl sites for hydroxylation is 1. The molecule has 2 heteroatoms. The lowest BCUT2D eigenvalue weighted by Gasteiger charge is -2.13. The highest BCUT2D eigenvalue weighted by Gasteiger charge is 2.17. The third kappa shape index (κ3) is 2.30. The van der Waals surface area contributed by atoms with Gasteiger partial charge in [-0.15, -0.1) is 0 Å². The average Bonchev–Trinajstić information content (AvgIpc) is 2.99. The van der Waals surface area contributed by atoms with E-state index in [2.05, 4.69) is 54.6 Å². The van der Waals surface area contributed by atoms with Gasteiger partial charge in [0.2, 0.25) is 0 Å². The zero-order valence-corrected chi connectivity index (χ0v) is 12.3. The summed E-state index contributed by atoms with van der Waals surface area (Å²) in [7, 11) is 0. The van der Waals surface area contributed by atoms with E-state index < -0.39 is 0 Å². The molecule has 19 heavy (non-hydrogen) atoms. The predicted molar refractivity (Wildman–Crippen MR) is 81.6 cm³/mol. The topological polar surface area (TPSA) is 8.17 Å². The summed E-state index contributed by atoms with van der Waals surface area (Å²) in [6, 6.07) is 7.22. The van der Waals surface area contributed by atoms with Gasteiger partial charge in [-0.1, -0.05) is 18.2 Å². The first-order valence-electron chi connectivity index (χ1n) is 7.48. The number of hydrogen-bond acceptors (Lipinski definition) is 1. The Morgan fingerprint density at radius 1 is 1.16 bits per heavy atom. The zero-order chi connectivity index (χ0) is 13.4. The number of rotatable bonds is 3. The highest BCUT2D eigenvalue weighted by Crippen LogP contribution is 2.28.